The molecule has 1 amide bonds. The monoisotopic (exact) mass is 427 g/mol. The van der Waals surface area contributed by atoms with Gasteiger partial charge in [0, 0.05) is 13.7 Å². The molecule has 0 saturated heterocycles. The summed E-state index contributed by atoms with van der Waals surface area (Å²) in [7, 11) is 1.55. The number of alkyl carbamates (subject to hydrolysis) is 1. The van der Waals surface area contributed by atoms with Gasteiger partial charge in [0.2, 0.25) is 0 Å². The summed E-state index contributed by atoms with van der Waals surface area (Å²) in [6.07, 6.45) is 21.1. The van der Waals surface area contributed by atoms with E-state index in [1.165, 1.54) is 89.9 Å². The van der Waals surface area contributed by atoms with Crippen molar-refractivity contribution in [3.8, 4) is 0 Å². The van der Waals surface area contributed by atoms with E-state index in [9.17, 15) is 9.90 Å². The first-order chi connectivity index (χ1) is 14.7. The van der Waals surface area contributed by atoms with Gasteiger partial charge in [-0.25, -0.2) is 4.79 Å². The zero-order chi connectivity index (χ0) is 21.9. The number of methoxy groups -OCH3 is 1. The molecular formula is C25H49NO4. The Bertz CT molecular complexity index is 405. The normalized spacial score (nSPS) is 21.1. The number of ether oxygens (including phenoxy) is 2. The van der Waals surface area contributed by atoms with E-state index in [-0.39, 0.29) is 6.10 Å². The molecule has 1 rings (SSSR count). The Morgan fingerprint density at radius 3 is 1.73 bits per heavy atom. The molecule has 30 heavy (non-hydrogen) atoms. The van der Waals surface area contributed by atoms with Crippen LogP contribution in [0.2, 0.25) is 0 Å². The van der Waals surface area contributed by atoms with Crippen molar-refractivity contribution in [3.63, 3.8) is 0 Å². The van der Waals surface area contributed by atoms with Gasteiger partial charge < -0.3 is 19.9 Å². The van der Waals surface area contributed by atoms with Gasteiger partial charge in [0.15, 0.2) is 0 Å². The predicted molar refractivity (Wildman–Crippen MR) is 124 cm³/mol. The molecule has 0 heterocycles. The first-order valence-corrected chi connectivity index (χ1v) is 12.8. The van der Waals surface area contributed by atoms with Crippen molar-refractivity contribution in [2.45, 2.75) is 141 Å². The van der Waals surface area contributed by atoms with Crippen molar-refractivity contribution >= 4 is 6.09 Å². The number of aliphatic hydroxyl groups excluding tert-OH is 1. The summed E-state index contributed by atoms with van der Waals surface area (Å²) in [5.74, 6) is 0. The number of carbonyl (C=O) groups is 1. The van der Waals surface area contributed by atoms with Gasteiger partial charge in [0.25, 0.3) is 0 Å². The van der Waals surface area contributed by atoms with E-state index < -0.39 is 18.3 Å². The first-order valence-electron chi connectivity index (χ1n) is 12.8. The van der Waals surface area contributed by atoms with Crippen molar-refractivity contribution in [1.29, 1.82) is 0 Å². The second-order valence-electron chi connectivity index (χ2n) is 9.02. The maximum atomic E-state index is 11.9. The highest BCUT2D eigenvalue weighted by Gasteiger charge is 2.37. The van der Waals surface area contributed by atoms with Gasteiger partial charge in [-0.3, -0.25) is 0 Å². The van der Waals surface area contributed by atoms with Crippen LogP contribution in [0.1, 0.15) is 122 Å². The summed E-state index contributed by atoms with van der Waals surface area (Å²) in [6.45, 7) is 2.93. The Labute approximate surface area is 185 Å². The van der Waals surface area contributed by atoms with Gasteiger partial charge in [0.05, 0.1) is 6.10 Å². The van der Waals surface area contributed by atoms with Crippen LogP contribution in [-0.4, -0.2) is 43.2 Å². The van der Waals surface area contributed by atoms with E-state index in [2.05, 4.69) is 12.2 Å². The quantitative estimate of drug-likeness (QED) is 0.230. The molecule has 0 aromatic heterocycles. The summed E-state index contributed by atoms with van der Waals surface area (Å²) in [6, 6.07) is 0. The number of aliphatic hydroxyl groups is 1. The number of hydrogen-bond acceptors (Lipinski definition) is 4. The van der Waals surface area contributed by atoms with E-state index >= 15 is 0 Å². The van der Waals surface area contributed by atoms with Crippen molar-refractivity contribution < 1.29 is 19.4 Å². The third kappa shape index (κ3) is 13.5. The zero-order valence-corrected chi connectivity index (χ0v) is 19.8. The molecule has 0 aliphatic heterocycles. The number of rotatable bonds is 19. The lowest BCUT2D eigenvalue weighted by molar-refractivity contribution is -0.0503. The molecule has 0 spiro atoms. The Kier molecular flexibility index (Phi) is 17.2. The molecule has 2 N–H and O–H groups in total. The van der Waals surface area contributed by atoms with Crippen LogP contribution >= 0.6 is 0 Å². The van der Waals surface area contributed by atoms with Crippen LogP contribution < -0.4 is 5.32 Å². The molecule has 1 saturated carbocycles. The van der Waals surface area contributed by atoms with Crippen molar-refractivity contribution in [3.05, 3.63) is 0 Å². The second kappa shape index (κ2) is 18.9. The lowest BCUT2D eigenvalue weighted by atomic mass is 10.0. The summed E-state index contributed by atoms with van der Waals surface area (Å²) < 4.78 is 10.6. The standard InChI is InChI=1S/C25H49NO4/c1-3-4-5-6-7-8-9-10-11-12-13-14-15-16-17-18-21-26-25(28)30-23-20-19-22(27)24(23)29-2/h22-24,27H,3-21H2,1-2H3,(H,26,28)/t22-,23-,24+/m1/s1. The van der Waals surface area contributed by atoms with E-state index in [1.54, 1.807) is 7.11 Å². The van der Waals surface area contributed by atoms with Crippen LogP contribution in [0.15, 0.2) is 0 Å². The zero-order valence-electron chi connectivity index (χ0n) is 19.8. The summed E-state index contributed by atoms with van der Waals surface area (Å²) in [5, 5.41) is 12.6. The Hall–Kier alpha value is -0.810. The molecular weight excluding hydrogens is 378 g/mol. The van der Waals surface area contributed by atoms with Crippen molar-refractivity contribution in [1.82, 2.24) is 5.32 Å². The van der Waals surface area contributed by atoms with Crippen LogP contribution in [0.3, 0.4) is 0 Å². The van der Waals surface area contributed by atoms with Gasteiger partial charge in [0.1, 0.15) is 12.2 Å². The minimum absolute atomic E-state index is 0.337. The molecule has 5 nitrogen and oxygen atoms in total. The SMILES string of the molecule is CCCCCCCCCCCCCCCCCCNC(=O)O[C@@H]1CC[C@@H](O)[C@@H]1OC. The van der Waals surface area contributed by atoms with E-state index in [0.29, 0.717) is 19.4 Å². The third-order valence-electron chi connectivity index (χ3n) is 6.32. The largest absolute Gasteiger partial charge is 0.443 e. The minimum atomic E-state index is -0.534. The highest BCUT2D eigenvalue weighted by atomic mass is 16.6. The topological polar surface area (TPSA) is 67.8 Å². The van der Waals surface area contributed by atoms with Gasteiger partial charge in [-0.15, -0.1) is 0 Å². The highest BCUT2D eigenvalue weighted by Crippen LogP contribution is 2.25. The minimum Gasteiger partial charge on any atom is -0.443 e. The second-order valence-corrected chi connectivity index (χ2v) is 9.02. The molecule has 0 aromatic rings. The summed E-state index contributed by atoms with van der Waals surface area (Å²) >= 11 is 0. The maximum Gasteiger partial charge on any atom is 0.407 e. The molecule has 1 fully saturated rings. The molecule has 3 atom stereocenters. The molecule has 1 aliphatic carbocycles. The molecule has 0 radical (unpaired) electrons. The van der Waals surface area contributed by atoms with E-state index in [0.717, 1.165) is 12.8 Å². The van der Waals surface area contributed by atoms with Crippen LogP contribution in [0.5, 0.6) is 0 Å². The fourth-order valence-corrected chi connectivity index (χ4v) is 4.39. The van der Waals surface area contributed by atoms with Crippen LogP contribution in [-0.2, 0) is 9.47 Å². The number of unbranched alkanes of at least 4 members (excludes halogenated alkanes) is 15. The number of amides is 1. The smallest absolute Gasteiger partial charge is 0.407 e. The van der Waals surface area contributed by atoms with Crippen LogP contribution in [0.25, 0.3) is 0 Å². The lowest BCUT2D eigenvalue weighted by Crippen LogP contribution is -2.37. The number of carbonyl (C=O) groups excluding carboxylic acids is 1. The average molecular weight is 428 g/mol. The molecule has 0 aromatic carbocycles. The lowest BCUT2D eigenvalue weighted by Gasteiger charge is -2.20. The highest BCUT2D eigenvalue weighted by molar-refractivity contribution is 5.67. The third-order valence-corrected chi connectivity index (χ3v) is 6.32. The molecule has 0 unspecified atom stereocenters. The van der Waals surface area contributed by atoms with Crippen LogP contribution in [0.4, 0.5) is 4.79 Å². The van der Waals surface area contributed by atoms with E-state index in [4.69, 9.17) is 9.47 Å². The molecule has 178 valence electrons. The van der Waals surface area contributed by atoms with Crippen molar-refractivity contribution in [2.24, 2.45) is 0 Å². The van der Waals surface area contributed by atoms with Gasteiger partial charge in [-0.2, -0.15) is 0 Å². The van der Waals surface area contributed by atoms with E-state index in [1.807, 2.05) is 0 Å². The van der Waals surface area contributed by atoms with Crippen LogP contribution in [0, 0.1) is 0 Å². The van der Waals surface area contributed by atoms with Crippen molar-refractivity contribution in [2.75, 3.05) is 13.7 Å². The van der Waals surface area contributed by atoms with Gasteiger partial charge >= 0.3 is 6.09 Å². The fraction of sp³-hybridized carbons (Fsp3) is 0.960. The summed E-state index contributed by atoms with van der Waals surface area (Å²) in [4.78, 5) is 11.9. The predicted octanol–water partition coefficient (Wildman–Crippen LogP) is 6.51. The summed E-state index contributed by atoms with van der Waals surface area (Å²) in [5.41, 5.74) is 0. The Balaban J connectivity index is 1.79. The molecule has 5 heteroatoms. The molecule has 1 aliphatic rings. The number of nitrogens with one attached hydrogen (secondary N) is 1. The fourth-order valence-electron chi connectivity index (χ4n) is 4.39. The first kappa shape index (κ1) is 27.2. The maximum absolute atomic E-state index is 11.9. The Morgan fingerprint density at radius 2 is 1.27 bits per heavy atom. The average Bonchev–Trinajstić information content (AvgIpc) is 3.09. The number of hydrogen-bond donors (Lipinski definition) is 2. The molecule has 0 bridgehead atoms. The van der Waals surface area contributed by atoms with Gasteiger partial charge in [-0.05, 0) is 19.3 Å². The van der Waals surface area contributed by atoms with Gasteiger partial charge in [-0.1, -0.05) is 103 Å². The Morgan fingerprint density at radius 1 is 0.800 bits per heavy atom.